The number of hydrogen-bond donors (Lipinski definition) is 3. The second kappa shape index (κ2) is 6.98. The second-order valence-electron chi connectivity index (χ2n) is 5.57. The topological polar surface area (TPSA) is 95.6 Å². The summed E-state index contributed by atoms with van der Waals surface area (Å²) in [6, 6.07) is 4.29. The molecule has 1 atom stereocenters. The molecule has 0 saturated carbocycles. The van der Waals surface area contributed by atoms with Crippen LogP contribution in [0, 0.1) is 0 Å². The van der Waals surface area contributed by atoms with E-state index in [-0.39, 0.29) is 0 Å². The van der Waals surface area contributed by atoms with Gasteiger partial charge >= 0.3 is 6.18 Å². The highest BCUT2D eigenvalue weighted by molar-refractivity contribution is 5.91. The zero-order chi connectivity index (χ0) is 18.7. The number of nitrogens with one attached hydrogen (secondary N) is 3. The van der Waals surface area contributed by atoms with Crippen molar-refractivity contribution in [3.8, 4) is 11.4 Å². The van der Waals surface area contributed by atoms with Gasteiger partial charge in [0.2, 0.25) is 5.91 Å². The van der Waals surface area contributed by atoms with Gasteiger partial charge in [-0.25, -0.2) is 15.0 Å². The summed E-state index contributed by atoms with van der Waals surface area (Å²) in [4.78, 5) is 27.5. The lowest BCUT2D eigenvalue weighted by atomic mass is 10.2. The Bertz CT molecular complexity index is 923. The molecule has 0 radical (unpaired) electrons. The number of fused-ring (bicyclic) bond motifs is 1. The van der Waals surface area contributed by atoms with Gasteiger partial charge in [0, 0.05) is 29.5 Å². The summed E-state index contributed by atoms with van der Waals surface area (Å²) in [6.07, 6.45) is 0.417. The van der Waals surface area contributed by atoms with Crippen LogP contribution >= 0.6 is 0 Å². The molecule has 0 saturated heterocycles. The number of carbonyl (C=O) groups excluding carboxylic acids is 1. The van der Waals surface area contributed by atoms with Gasteiger partial charge in [-0.15, -0.1) is 0 Å². The Morgan fingerprint density at radius 3 is 2.85 bits per heavy atom. The lowest BCUT2D eigenvalue weighted by Gasteiger charge is -2.15. The number of aromatic nitrogens is 4. The number of aromatic amines is 1. The van der Waals surface area contributed by atoms with E-state index in [1.807, 2.05) is 11.4 Å². The van der Waals surface area contributed by atoms with Crippen molar-refractivity contribution in [2.24, 2.45) is 0 Å². The predicted octanol–water partition coefficient (Wildman–Crippen LogP) is 2.50. The van der Waals surface area contributed by atoms with Gasteiger partial charge < -0.3 is 15.6 Å². The van der Waals surface area contributed by atoms with Crippen molar-refractivity contribution in [1.29, 1.82) is 0 Å². The molecule has 10 heteroatoms. The molecule has 0 aliphatic rings. The molecule has 136 valence electrons. The average molecular weight is 364 g/mol. The van der Waals surface area contributed by atoms with Gasteiger partial charge in [0.05, 0.1) is 0 Å². The molecule has 3 rings (SSSR count). The lowest BCUT2D eigenvalue weighted by molar-refractivity contribution is -0.138. The molecule has 1 amide bonds. The van der Waals surface area contributed by atoms with Crippen LogP contribution in [0.3, 0.4) is 0 Å². The summed E-state index contributed by atoms with van der Waals surface area (Å²) < 4.78 is 36.5. The van der Waals surface area contributed by atoms with Gasteiger partial charge in [-0.2, -0.15) is 13.2 Å². The third-order valence-electron chi connectivity index (χ3n) is 3.57. The van der Waals surface area contributed by atoms with Crippen LogP contribution < -0.4 is 10.6 Å². The minimum absolute atomic E-state index is 0.322. The number of halogens is 3. The van der Waals surface area contributed by atoms with E-state index < -0.39 is 24.7 Å². The summed E-state index contributed by atoms with van der Waals surface area (Å²) in [5.74, 6) is -0.0566. The van der Waals surface area contributed by atoms with E-state index in [2.05, 4.69) is 25.3 Å². The van der Waals surface area contributed by atoms with Crippen molar-refractivity contribution in [3.63, 3.8) is 0 Å². The molecule has 0 aromatic carbocycles. The van der Waals surface area contributed by atoms with Crippen molar-refractivity contribution in [2.45, 2.75) is 19.1 Å². The molecule has 0 spiro atoms. The van der Waals surface area contributed by atoms with E-state index >= 15 is 0 Å². The number of hydrogen-bond acceptors (Lipinski definition) is 5. The Kier molecular flexibility index (Phi) is 4.74. The maximum absolute atomic E-state index is 12.2. The van der Waals surface area contributed by atoms with Crippen LogP contribution in [-0.2, 0) is 4.79 Å². The van der Waals surface area contributed by atoms with Crippen LogP contribution in [0.4, 0.5) is 19.0 Å². The Labute approximate surface area is 146 Å². The maximum atomic E-state index is 12.2. The summed E-state index contributed by atoms with van der Waals surface area (Å²) in [5, 5.41) is 5.43. The van der Waals surface area contributed by atoms with E-state index in [0.29, 0.717) is 17.3 Å². The molecule has 7 nitrogen and oxygen atoms in total. The SMILES string of the molecule is C[C@@H](Nc1ccnc(-c2c[nH]c3ncccc23)n1)C(=O)NCC(F)(F)F. The molecule has 3 heterocycles. The quantitative estimate of drug-likeness (QED) is 0.647. The third kappa shape index (κ3) is 4.08. The molecule has 0 fully saturated rings. The Morgan fingerprint density at radius 2 is 2.08 bits per heavy atom. The first-order valence-corrected chi connectivity index (χ1v) is 7.70. The van der Waals surface area contributed by atoms with Crippen LogP contribution in [0.1, 0.15) is 6.92 Å². The van der Waals surface area contributed by atoms with Crippen LogP contribution in [-0.4, -0.2) is 44.6 Å². The molecular formula is C16H15F3N6O. The number of anilines is 1. The second-order valence-corrected chi connectivity index (χ2v) is 5.57. The van der Waals surface area contributed by atoms with E-state index in [1.165, 1.54) is 19.2 Å². The summed E-state index contributed by atoms with van der Waals surface area (Å²) in [6.45, 7) is 0.0678. The highest BCUT2D eigenvalue weighted by Crippen LogP contribution is 2.25. The predicted molar refractivity (Wildman–Crippen MR) is 89.3 cm³/mol. The van der Waals surface area contributed by atoms with Crippen molar-refractivity contribution >= 4 is 22.8 Å². The standard InChI is InChI=1S/C16H15F3N6O/c1-9(15(26)23-8-16(17,18)19)24-12-4-6-21-14(25-12)11-7-22-13-10(11)3-2-5-20-13/h2-7,9H,8H2,1H3,(H,20,22)(H,23,26)(H,21,24,25)/t9-/m1/s1. The zero-order valence-electron chi connectivity index (χ0n) is 13.6. The molecule has 3 aromatic rings. The van der Waals surface area contributed by atoms with Crippen molar-refractivity contribution < 1.29 is 18.0 Å². The highest BCUT2D eigenvalue weighted by Gasteiger charge is 2.28. The Balaban J connectivity index is 1.74. The minimum Gasteiger partial charge on any atom is -0.359 e. The van der Waals surface area contributed by atoms with Gasteiger partial charge in [0.25, 0.3) is 0 Å². The molecule has 3 N–H and O–H groups in total. The monoisotopic (exact) mass is 364 g/mol. The van der Waals surface area contributed by atoms with Gasteiger partial charge in [0.15, 0.2) is 5.82 Å². The molecule has 26 heavy (non-hydrogen) atoms. The maximum Gasteiger partial charge on any atom is 0.405 e. The van der Waals surface area contributed by atoms with E-state index in [9.17, 15) is 18.0 Å². The molecule has 0 bridgehead atoms. The number of carbonyl (C=O) groups is 1. The number of rotatable bonds is 5. The zero-order valence-corrected chi connectivity index (χ0v) is 13.6. The van der Waals surface area contributed by atoms with Gasteiger partial charge in [-0.3, -0.25) is 4.79 Å². The highest BCUT2D eigenvalue weighted by atomic mass is 19.4. The van der Waals surface area contributed by atoms with Gasteiger partial charge in [-0.1, -0.05) is 0 Å². The Morgan fingerprint density at radius 1 is 1.27 bits per heavy atom. The van der Waals surface area contributed by atoms with Crippen LogP contribution in [0.2, 0.25) is 0 Å². The fourth-order valence-electron chi connectivity index (χ4n) is 2.34. The van der Waals surface area contributed by atoms with Crippen molar-refractivity contribution in [1.82, 2.24) is 25.3 Å². The van der Waals surface area contributed by atoms with Crippen molar-refractivity contribution in [3.05, 3.63) is 36.8 Å². The summed E-state index contributed by atoms with van der Waals surface area (Å²) in [7, 11) is 0. The number of nitrogens with zero attached hydrogens (tertiary/aromatic N) is 3. The largest absolute Gasteiger partial charge is 0.405 e. The van der Waals surface area contributed by atoms with Crippen LogP contribution in [0.5, 0.6) is 0 Å². The fraction of sp³-hybridized carbons (Fsp3) is 0.250. The number of pyridine rings is 1. The third-order valence-corrected chi connectivity index (χ3v) is 3.57. The first-order valence-electron chi connectivity index (χ1n) is 7.70. The molecular weight excluding hydrogens is 349 g/mol. The molecule has 0 unspecified atom stereocenters. The van der Waals surface area contributed by atoms with E-state index in [4.69, 9.17) is 0 Å². The smallest absolute Gasteiger partial charge is 0.359 e. The van der Waals surface area contributed by atoms with E-state index in [1.54, 1.807) is 18.5 Å². The molecule has 0 aliphatic carbocycles. The van der Waals surface area contributed by atoms with Gasteiger partial charge in [0.1, 0.15) is 24.1 Å². The Hall–Kier alpha value is -3.17. The first kappa shape index (κ1) is 17.6. The number of H-pyrrole nitrogens is 1. The molecule has 0 aliphatic heterocycles. The first-order chi connectivity index (χ1) is 12.3. The number of amides is 1. The minimum atomic E-state index is -4.46. The molecule has 3 aromatic heterocycles. The fourth-order valence-corrected chi connectivity index (χ4v) is 2.34. The van der Waals surface area contributed by atoms with Crippen LogP contribution in [0.15, 0.2) is 36.8 Å². The van der Waals surface area contributed by atoms with Crippen molar-refractivity contribution in [2.75, 3.05) is 11.9 Å². The summed E-state index contributed by atoms with van der Waals surface area (Å²) in [5.41, 5.74) is 1.41. The normalized spacial score (nSPS) is 12.8. The average Bonchev–Trinajstić information content (AvgIpc) is 3.03. The number of alkyl halides is 3. The van der Waals surface area contributed by atoms with Crippen LogP contribution in [0.25, 0.3) is 22.4 Å². The van der Waals surface area contributed by atoms with E-state index in [0.717, 1.165) is 10.9 Å². The van der Waals surface area contributed by atoms with Gasteiger partial charge in [-0.05, 0) is 25.1 Å². The summed E-state index contributed by atoms with van der Waals surface area (Å²) >= 11 is 0. The lowest BCUT2D eigenvalue weighted by Crippen LogP contribution is -2.42.